The number of para-hydroxylation sites is 1. The standard InChI is InChI=1S/C21H26N2O3/c1-26-13-12-23(15-24)21(25)14-16-6-8-17(9-7-16)18-10-11-22-20-5-3-2-4-19(18)20/h2-5,10-11,15-17H,6-9,12-14H2,1H3. The highest BCUT2D eigenvalue weighted by molar-refractivity contribution is 5.86. The lowest BCUT2D eigenvalue weighted by molar-refractivity contribution is -0.139. The Balaban J connectivity index is 1.59. The number of aromatic nitrogens is 1. The summed E-state index contributed by atoms with van der Waals surface area (Å²) in [4.78, 5) is 29.1. The molecule has 0 spiro atoms. The number of pyridine rings is 1. The number of fused-ring (bicyclic) bond motifs is 1. The van der Waals surface area contributed by atoms with Crippen LogP contribution >= 0.6 is 0 Å². The van der Waals surface area contributed by atoms with Crippen LogP contribution in [-0.2, 0) is 14.3 Å². The first kappa shape index (κ1) is 18.5. The van der Waals surface area contributed by atoms with E-state index in [0.717, 1.165) is 31.2 Å². The number of benzene rings is 1. The fraction of sp³-hybridized carbons (Fsp3) is 0.476. The first-order valence-corrected chi connectivity index (χ1v) is 9.30. The number of rotatable bonds is 7. The molecule has 0 radical (unpaired) electrons. The van der Waals surface area contributed by atoms with Gasteiger partial charge in [-0.15, -0.1) is 0 Å². The first-order valence-electron chi connectivity index (χ1n) is 9.30. The van der Waals surface area contributed by atoms with Gasteiger partial charge in [0.25, 0.3) is 0 Å². The van der Waals surface area contributed by atoms with Crippen molar-refractivity contribution in [2.75, 3.05) is 20.3 Å². The molecule has 2 aromatic rings. The van der Waals surface area contributed by atoms with Crippen LogP contribution in [0.3, 0.4) is 0 Å². The van der Waals surface area contributed by atoms with E-state index >= 15 is 0 Å². The molecule has 3 rings (SSSR count). The van der Waals surface area contributed by atoms with Gasteiger partial charge < -0.3 is 4.74 Å². The lowest BCUT2D eigenvalue weighted by Gasteiger charge is -2.30. The second kappa shape index (κ2) is 8.90. The molecule has 0 N–H and O–H groups in total. The van der Waals surface area contributed by atoms with Crippen molar-refractivity contribution in [2.45, 2.75) is 38.0 Å². The number of carbonyl (C=O) groups is 2. The van der Waals surface area contributed by atoms with Gasteiger partial charge in [-0.1, -0.05) is 18.2 Å². The van der Waals surface area contributed by atoms with E-state index in [4.69, 9.17) is 4.74 Å². The van der Waals surface area contributed by atoms with Crippen LogP contribution in [0.25, 0.3) is 10.9 Å². The highest BCUT2D eigenvalue weighted by Crippen LogP contribution is 2.39. The third kappa shape index (κ3) is 4.28. The second-order valence-electron chi connectivity index (χ2n) is 7.02. The van der Waals surface area contributed by atoms with Crippen molar-refractivity contribution >= 4 is 23.2 Å². The SMILES string of the molecule is COCCN(C=O)C(=O)CC1CCC(c2ccnc3ccccc23)CC1. The summed E-state index contributed by atoms with van der Waals surface area (Å²) in [6.45, 7) is 0.712. The van der Waals surface area contributed by atoms with E-state index in [1.807, 2.05) is 12.3 Å². The summed E-state index contributed by atoms with van der Waals surface area (Å²) in [6, 6.07) is 10.4. The molecule has 26 heavy (non-hydrogen) atoms. The molecule has 1 heterocycles. The lowest BCUT2D eigenvalue weighted by Crippen LogP contribution is -2.34. The summed E-state index contributed by atoms with van der Waals surface area (Å²) >= 11 is 0. The number of nitrogens with zero attached hydrogens (tertiary/aromatic N) is 2. The van der Waals surface area contributed by atoms with Crippen LogP contribution in [0.1, 0.15) is 43.6 Å². The van der Waals surface area contributed by atoms with Gasteiger partial charge in [0.05, 0.1) is 18.7 Å². The monoisotopic (exact) mass is 354 g/mol. The fourth-order valence-corrected chi connectivity index (χ4v) is 3.94. The lowest BCUT2D eigenvalue weighted by atomic mass is 9.77. The van der Waals surface area contributed by atoms with Crippen LogP contribution in [0.5, 0.6) is 0 Å². The van der Waals surface area contributed by atoms with Gasteiger partial charge in [-0.3, -0.25) is 19.5 Å². The van der Waals surface area contributed by atoms with Crippen molar-refractivity contribution in [3.63, 3.8) is 0 Å². The van der Waals surface area contributed by atoms with Crippen LogP contribution in [0, 0.1) is 5.92 Å². The Bertz CT molecular complexity index is 749. The molecule has 5 nitrogen and oxygen atoms in total. The molecule has 0 unspecified atom stereocenters. The molecular weight excluding hydrogens is 328 g/mol. The maximum Gasteiger partial charge on any atom is 0.229 e. The van der Waals surface area contributed by atoms with Gasteiger partial charge in [0, 0.05) is 25.1 Å². The number of methoxy groups -OCH3 is 1. The van der Waals surface area contributed by atoms with E-state index in [-0.39, 0.29) is 5.91 Å². The van der Waals surface area contributed by atoms with Crippen LogP contribution in [0.2, 0.25) is 0 Å². The molecule has 0 atom stereocenters. The Labute approximate surface area is 154 Å². The Morgan fingerprint density at radius 2 is 2.00 bits per heavy atom. The van der Waals surface area contributed by atoms with Crippen molar-refractivity contribution < 1.29 is 14.3 Å². The van der Waals surface area contributed by atoms with Gasteiger partial charge in [-0.25, -0.2) is 0 Å². The molecular formula is C21H26N2O3. The van der Waals surface area contributed by atoms with Crippen LogP contribution in [-0.4, -0.2) is 42.5 Å². The third-order valence-electron chi connectivity index (χ3n) is 5.42. The van der Waals surface area contributed by atoms with Crippen LogP contribution < -0.4 is 0 Å². The third-order valence-corrected chi connectivity index (χ3v) is 5.42. The average molecular weight is 354 g/mol. The quantitative estimate of drug-likeness (QED) is 0.714. The predicted octanol–water partition coefficient (Wildman–Crippen LogP) is 3.53. The smallest absolute Gasteiger partial charge is 0.229 e. The number of hydrogen-bond acceptors (Lipinski definition) is 4. The minimum atomic E-state index is -0.0881. The summed E-state index contributed by atoms with van der Waals surface area (Å²) in [5.41, 5.74) is 2.41. The van der Waals surface area contributed by atoms with Gasteiger partial charge in [0.15, 0.2) is 0 Å². The van der Waals surface area contributed by atoms with E-state index in [9.17, 15) is 9.59 Å². The van der Waals surface area contributed by atoms with Crippen molar-refractivity contribution in [3.05, 3.63) is 42.1 Å². The molecule has 2 amide bonds. The normalized spacial score (nSPS) is 20.0. The number of carbonyl (C=O) groups excluding carboxylic acids is 2. The Kier molecular flexibility index (Phi) is 6.34. The maximum absolute atomic E-state index is 12.3. The van der Waals surface area contributed by atoms with Crippen LogP contribution in [0.4, 0.5) is 0 Å². The van der Waals surface area contributed by atoms with Gasteiger partial charge >= 0.3 is 0 Å². The number of imide groups is 1. The topological polar surface area (TPSA) is 59.5 Å². The molecule has 0 saturated heterocycles. The van der Waals surface area contributed by atoms with E-state index in [1.54, 1.807) is 7.11 Å². The minimum Gasteiger partial charge on any atom is -0.383 e. The summed E-state index contributed by atoms with van der Waals surface area (Å²) < 4.78 is 4.95. The predicted molar refractivity (Wildman–Crippen MR) is 101 cm³/mol. The molecule has 1 aliphatic rings. The summed E-state index contributed by atoms with van der Waals surface area (Å²) in [7, 11) is 1.57. The molecule has 138 valence electrons. The zero-order valence-corrected chi connectivity index (χ0v) is 15.3. The van der Waals surface area contributed by atoms with E-state index in [2.05, 4.69) is 29.2 Å². The molecule has 1 aliphatic carbocycles. The molecule has 5 heteroatoms. The molecule has 1 saturated carbocycles. The highest BCUT2D eigenvalue weighted by Gasteiger charge is 2.26. The van der Waals surface area contributed by atoms with Crippen molar-refractivity contribution in [2.24, 2.45) is 5.92 Å². The van der Waals surface area contributed by atoms with Crippen molar-refractivity contribution in [1.82, 2.24) is 9.88 Å². The van der Waals surface area contributed by atoms with Gasteiger partial charge in [-0.05, 0) is 55.2 Å². The van der Waals surface area contributed by atoms with E-state index in [0.29, 0.717) is 37.8 Å². The Hall–Kier alpha value is -2.27. The molecule has 0 bridgehead atoms. The zero-order chi connectivity index (χ0) is 18.4. The van der Waals surface area contributed by atoms with E-state index in [1.165, 1.54) is 15.8 Å². The Morgan fingerprint density at radius 1 is 1.23 bits per heavy atom. The number of hydrogen-bond donors (Lipinski definition) is 0. The summed E-state index contributed by atoms with van der Waals surface area (Å²) in [5, 5.41) is 1.24. The van der Waals surface area contributed by atoms with Crippen LogP contribution in [0.15, 0.2) is 36.5 Å². The first-order chi connectivity index (χ1) is 12.7. The van der Waals surface area contributed by atoms with Crippen molar-refractivity contribution in [1.29, 1.82) is 0 Å². The molecule has 0 aliphatic heterocycles. The zero-order valence-electron chi connectivity index (χ0n) is 15.3. The van der Waals surface area contributed by atoms with Crippen molar-refractivity contribution in [3.8, 4) is 0 Å². The van der Waals surface area contributed by atoms with Gasteiger partial charge in [-0.2, -0.15) is 0 Å². The molecule has 1 aromatic carbocycles. The second-order valence-corrected chi connectivity index (χ2v) is 7.02. The fourth-order valence-electron chi connectivity index (χ4n) is 3.94. The average Bonchev–Trinajstić information content (AvgIpc) is 2.69. The number of ether oxygens (including phenoxy) is 1. The highest BCUT2D eigenvalue weighted by atomic mass is 16.5. The largest absolute Gasteiger partial charge is 0.383 e. The summed E-state index contributed by atoms with van der Waals surface area (Å²) in [6.07, 6.45) is 7.15. The van der Waals surface area contributed by atoms with Gasteiger partial charge in [0.2, 0.25) is 12.3 Å². The number of amides is 2. The minimum absolute atomic E-state index is 0.0881. The maximum atomic E-state index is 12.3. The molecule has 1 fully saturated rings. The molecule has 1 aromatic heterocycles. The Morgan fingerprint density at radius 3 is 2.73 bits per heavy atom. The van der Waals surface area contributed by atoms with Gasteiger partial charge in [0.1, 0.15) is 0 Å². The summed E-state index contributed by atoms with van der Waals surface area (Å²) in [5.74, 6) is 0.789. The van der Waals surface area contributed by atoms with E-state index < -0.39 is 0 Å².